The van der Waals surface area contributed by atoms with E-state index in [-0.39, 0.29) is 23.8 Å². The van der Waals surface area contributed by atoms with Gasteiger partial charge >= 0.3 is 6.01 Å². The summed E-state index contributed by atoms with van der Waals surface area (Å²) in [6.45, 7) is 6.55. The summed E-state index contributed by atoms with van der Waals surface area (Å²) in [6, 6.07) is 7.88. The van der Waals surface area contributed by atoms with Crippen molar-refractivity contribution in [1.82, 2.24) is 14.8 Å². The normalized spacial score (nSPS) is 15.8. The minimum Gasteiger partial charge on any atom is -0.461 e. The molecule has 2 saturated heterocycles. The van der Waals surface area contributed by atoms with E-state index in [1.165, 1.54) is 6.26 Å². The number of carbonyl (C=O) groups is 2. The van der Waals surface area contributed by atoms with Gasteiger partial charge in [0.05, 0.1) is 12.2 Å². The molecule has 2 amide bonds. The van der Waals surface area contributed by atoms with E-state index in [0.717, 1.165) is 79.8 Å². The summed E-state index contributed by atoms with van der Waals surface area (Å²) in [7, 11) is 0. The van der Waals surface area contributed by atoms with E-state index in [1.54, 1.807) is 4.90 Å². The highest BCUT2D eigenvalue weighted by Gasteiger charge is 2.23. The molecule has 0 radical (unpaired) electrons. The lowest BCUT2D eigenvalue weighted by Gasteiger charge is -2.23. The number of rotatable bonds is 4. The van der Waals surface area contributed by atoms with Crippen molar-refractivity contribution in [3.05, 3.63) is 42.0 Å². The average Bonchev–Trinajstić information content (AvgIpc) is 3.62. The van der Waals surface area contributed by atoms with Gasteiger partial charge in [-0.25, -0.2) is 0 Å². The first-order valence-electron chi connectivity index (χ1n) is 12.8. The second kappa shape index (κ2) is 13.9. The molecule has 38 heavy (non-hydrogen) atoms. The third kappa shape index (κ3) is 8.13. The largest absolute Gasteiger partial charge is 0.461 e. The molecule has 2 aliphatic rings. The van der Waals surface area contributed by atoms with Crippen LogP contribution in [0, 0.1) is 26.7 Å². The zero-order chi connectivity index (χ0) is 27.5. The molecule has 0 spiro atoms. The Morgan fingerprint density at radius 2 is 1.84 bits per heavy atom. The van der Waals surface area contributed by atoms with Crippen LogP contribution in [0.3, 0.4) is 0 Å². The number of likely N-dealkylation sites (tertiary alicyclic amines) is 2. The molecular weight excluding hydrogens is 484 g/mol. The van der Waals surface area contributed by atoms with Crippen molar-refractivity contribution in [2.24, 2.45) is 10.7 Å². The highest BCUT2D eigenvalue weighted by Crippen LogP contribution is 2.22. The van der Waals surface area contributed by atoms with Crippen LogP contribution in [0.15, 0.2) is 44.4 Å². The Bertz CT molecular complexity index is 1270. The fraction of sp³-hybridized carbons (Fsp3) is 0.429. The highest BCUT2D eigenvalue weighted by atomic mass is 16.4. The van der Waals surface area contributed by atoms with Gasteiger partial charge in [-0.2, -0.15) is 9.98 Å². The molecule has 10 heteroatoms. The van der Waals surface area contributed by atoms with Crippen LogP contribution >= 0.6 is 0 Å². The average molecular weight is 521 g/mol. The quantitative estimate of drug-likeness (QED) is 0.297. The van der Waals surface area contributed by atoms with Crippen LogP contribution in [-0.4, -0.2) is 58.7 Å². The Labute approximate surface area is 223 Å². The Morgan fingerprint density at radius 1 is 1.11 bits per heavy atom. The predicted molar refractivity (Wildman–Crippen MR) is 148 cm³/mol. The van der Waals surface area contributed by atoms with Gasteiger partial charge in [-0.15, -0.1) is 12.8 Å². The van der Waals surface area contributed by atoms with Gasteiger partial charge in [-0.1, -0.05) is 6.42 Å². The molecule has 0 unspecified atom stereocenters. The third-order valence-corrected chi connectivity index (χ3v) is 6.19. The number of guanidine groups is 1. The summed E-state index contributed by atoms with van der Waals surface area (Å²) in [4.78, 5) is 35.4. The molecule has 2 fully saturated rings. The summed E-state index contributed by atoms with van der Waals surface area (Å²) in [5.41, 5.74) is 8.23. The van der Waals surface area contributed by atoms with Gasteiger partial charge in [0.1, 0.15) is 17.6 Å². The molecule has 4 heterocycles. The van der Waals surface area contributed by atoms with Crippen molar-refractivity contribution in [2.45, 2.75) is 52.4 Å². The van der Waals surface area contributed by atoms with Crippen LogP contribution in [0.4, 0.5) is 11.7 Å². The number of hydrogen-bond acceptors (Lipinski definition) is 6. The fourth-order valence-corrected chi connectivity index (χ4v) is 4.36. The maximum absolute atomic E-state index is 11.9. The number of hydrogen-bond donors (Lipinski definition) is 2. The van der Waals surface area contributed by atoms with Gasteiger partial charge in [0.25, 0.3) is 0 Å². The van der Waals surface area contributed by atoms with Crippen LogP contribution < -0.4 is 11.1 Å². The molecule has 5 rings (SSSR count). The molecule has 3 aromatic rings. The number of nitrogens with one attached hydrogen (secondary N) is 1. The fourth-order valence-electron chi connectivity index (χ4n) is 4.36. The number of oxazole rings is 1. The maximum atomic E-state index is 11.9. The first-order valence-corrected chi connectivity index (χ1v) is 12.8. The molecule has 202 valence electrons. The van der Waals surface area contributed by atoms with Gasteiger partial charge in [0, 0.05) is 37.1 Å². The van der Waals surface area contributed by atoms with Gasteiger partial charge in [-0.3, -0.25) is 9.59 Å². The molecule has 0 saturated carbocycles. The second-order valence-electron chi connectivity index (χ2n) is 9.22. The van der Waals surface area contributed by atoms with E-state index in [9.17, 15) is 9.59 Å². The lowest BCUT2D eigenvalue weighted by Crippen LogP contribution is -2.41. The van der Waals surface area contributed by atoms with Crippen LogP contribution in [-0.2, 0) is 9.59 Å². The molecule has 0 bridgehead atoms. The number of aryl methyl sites for hydroxylation is 2. The zero-order valence-electron chi connectivity index (χ0n) is 22.1. The van der Waals surface area contributed by atoms with Gasteiger partial charge < -0.3 is 29.7 Å². The monoisotopic (exact) mass is 520 g/mol. The number of nitrogens with zero attached hydrogens (tertiary/aromatic N) is 4. The number of carbonyl (C=O) groups excluding carboxylic acids is 2. The Morgan fingerprint density at radius 3 is 2.55 bits per heavy atom. The van der Waals surface area contributed by atoms with Gasteiger partial charge in [-0.05, 0) is 63.8 Å². The second-order valence-corrected chi connectivity index (χ2v) is 9.22. The van der Waals surface area contributed by atoms with Crippen molar-refractivity contribution >= 4 is 40.4 Å². The van der Waals surface area contributed by atoms with E-state index in [1.807, 2.05) is 43.0 Å². The number of anilines is 1. The SMILES string of the molecule is C#C.Cc1coc(N=C(N)Nc2ccc3oc(C)cc3c2)n1.O=C(CN1CCCCCC1=O)N1CCCC1. The highest BCUT2D eigenvalue weighted by molar-refractivity contribution is 5.95. The van der Waals surface area contributed by atoms with E-state index in [2.05, 4.69) is 28.1 Å². The van der Waals surface area contributed by atoms with E-state index >= 15 is 0 Å². The lowest BCUT2D eigenvalue weighted by atomic mass is 10.2. The van der Waals surface area contributed by atoms with Crippen LogP contribution in [0.25, 0.3) is 11.0 Å². The standard InChI is InChI=1S/C14H14N4O2.C12H20N2O2.C2H2/c1-8-7-19-14(16-8)18-13(15)17-11-3-4-12-10(6-11)5-9(2)20-12;15-11-6-2-1-3-9-14(11)10-12(16)13-7-4-5-8-13;1-2/h3-7H,1-2H3,(H3,15,16,17,18);1-10H2;1-2H. The molecular formula is C28H36N6O4. The van der Waals surface area contributed by atoms with Crippen molar-refractivity contribution in [3.8, 4) is 12.8 Å². The molecule has 2 aromatic heterocycles. The topological polar surface area (TPSA) is 130 Å². The first kappa shape index (κ1) is 28.3. The van der Waals surface area contributed by atoms with E-state index in [0.29, 0.717) is 13.0 Å². The summed E-state index contributed by atoms with van der Waals surface area (Å²) in [5, 5.41) is 3.99. The number of aromatic nitrogens is 1. The number of furan rings is 1. The predicted octanol–water partition coefficient (Wildman–Crippen LogP) is 4.36. The minimum atomic E-state index is 0.132. The smallest absolute Gasteiger partial charge is 0.325 e. The van der Waals surface area contributed by atoms with Gasteiger partial charge in [0.2, 0.25) is 17.8 Å². The van der Waals surface area contributed by atoms with E-state index < -0.39 is 0 Å². The number of benzene rings is 1. The molecule has 1 aromatic carbocycles. The minimum absolute atomic E-state index is 0.132. The van der Waals surface area contributed by atoms with Crippen molar-refractivity contribution in [2.75, 3.05) is 31.5 Å². The zero-order valence-corrected chi connectivity index (χ0v) is 22.1. The molecule has 0 atom stereocenters. The Kier molecular flexibility index (Phi) is 10.3. The number of nitrogens with two attached hydrogens (primary N) is 1. The third-order valence-electron chi connectivity index (χ3n) is 6.19. The molecule has 3 N–H and O–H groups in total. The molecule has 10 nitrogen and oxygen atoms in total. The van der Waals surface area contributed by atoms with Crippen molar-refractivity contribution < 1.29 is 18.4 Å². The lowest BCUT2D eigenvalue weighted by molar-refractivity contribution is -0.139. The van der Waals surface area contributed by atoms with Gasteiger partial charge in [0.15, 0.2) is 0 Å². The summed E-state index contributed by atoms with van der Waals surface area (Å²) < 4.78 is 10.6. The van der Waals surface area contributed by atoms with Crippen molar-refractivity contribution in [3.63, 3.8) is 0 Å². The number of fused-ring (bicyclic) bond motifs is 1. The molecule has 0 aliphatic carbocycles. The summed E-state index contributed by atoms with van der Waals surface area (Å²) in [5.74, 6) is 1.37. The number of terminal acetylenes is 1. The van der Waals surface area contributed by atoms with Crippen LogP contribution in [0.5, 0.6) is 0 Å². The first-order chi connectivity index (χ1) is 18.4. The van der Waals surface area contributed by atoms with Crippen LogP contribution in [0.1, 0.15) is 50.0 Å². The maximum Gasteiger partial charge on any atom is 0.325 e. The summed E-state index contributed by atoms with van der Waals surface area (Å²) in [6.07, 6.45) is 15.5. The number of amides is 2. The Balaban J connectivity index is 0.000000202. The molecule has 2 aliphatic heterocycles. The van der Waals surface area contributed by atoms with Crippen molar-refractivity contribution in [1.29, 1.82) is 0 Å². The Hall–Kier alpha value is -4.26. The van der Waals surface area contributed by atoms with E-state index in [4.69, 9.17) is 14.6 Å². The number of aliphatic imine (C=N–C) groups is 1. The summed E-state index contributed by atoms with van der Waals surface area (Å²) >= 11 is 0. The van der Waals surface area contributed by atoms with Crippen LogP contribution in [0.2, 0.25) is 0 Å².